The van der Waals surface area contributed by atoms with E-state index in [0.717, 1.165) is 46.5 Å². The molecule has 0 aliphatic rings. The molecule has 16 aromatic carbocycles. The molecule has 482 valence electrons. The molecule has 0 aromatic heterocycles. The second kappa shape index (κ2) is 26.0. The summed E-state index contributed by atoms with van der Waals surface area (Å²) in [4.78, 5) is 7.09. The smallest absolute Gasteiger partial charge is 0.128 e. The maximum atomic E-state index is 16.5. The highest BCUT2D eigenvalue weighted by Gasteiger charge is 2.33. The molecule has 0 heterocycles. The third-order valence-corrected chi connectivity index (χ3v) is 18.1. The van der Waals surface area contributed by atoms with Crippen LogP contribution in [0, 0.1) is 46.5 Å². The van der Waals surface area contributed by atoms with Crippen molar-refractivity contribution in [2.24, 2.45) is 0 Å². The zero-order chi connectivity index (χ0) is 68.1. The molecular formula is C88H54F8N4. The molecule has 4 nitrogen and oxygen atoms in total. The Morgan fingerprint density at radius 2 is 0.340 bits per heavy atom. The Hall–Kier alpha value is -12.8. The van der Waals surface area contributed by atoms with E-state index >= 15 is 35.1 Å². The highest BCUT2D eigenvalue weighted by molar-refractivity contribution is 6.33. The van der Waals surface area contributed by atoms with Crippen LogP contribution in [-0.2, 0) is 0 Å². The first-order valence-electron chi connectivity index (χ1n) is 32.3. The predicted octanol–water partition coefficient (Wildman–Crippen LogP) is 26.2. The molecular weight excluding hydrogens is 1260 g/mol. The predicted molar refractivity (Wildman–Crippen MR) is 390 cm³/mol. The number of halogens is 8. The summed E-state index contributed by atoms with van der Waals surface area (Å²) in [5.41, 5.74) is 9.13. The van der Waals surface area contributed by atoms with Crippen molar-refractivity contribution in [3.05, 3.63) is 374 Å². The lowest BCUT2D eigenvalue weighted by molar-refractivity contribution is 0.583. The Bertz CT molecular complexity index is 4980. The van der Waals surface area contributed by atoms with Gasteiger partial charge in [-0.2, -0.15) is 0 Å². The van der Waals surface area contributed by atoms with Crippen LogP contribution in [0.25, 0.3) is 76.8 Å². The number of benzene rings is 16. The molecule has 0 atom stereocenters. The molecule has 0 bridgehead atoms. The van der Waals surface area contributed by atoms with Gasteiger partial charge in [-0.3, -0.25) is 0 Å². The van der Waals surface area contributed by atoms with Gasteiger partial charge < -0.3 is 19.6 Å². The quantitative estimate of drug-likeness (QED) is 0.0706. The fourth-order valence-corrected chi connectivity index (χ4v) is 14.1. The highest BCUT2D eigenvalue weighted by Crippen LogP contribution is 2.57. The lowest BCUT2D eigenvalue weighted by Gasteiger charge is -2.35. The van der Waals surface area contributed by atoms with Crippen molar-refractivity contribution in [3.8, 4) is 44.5 Å². The van der Waals surface area contributed by atoms with Gasteiger partial charge in [0.15, 0.2) is 0 Å². The van der Waals surface area contributed by atoms with E-state index in [-0.39, 0.29) is 22.7 Å². The third-order valence-electron chi connectivity index (χ3n) is 18.1. The Labute approximate surface area is 571 Å². The van der Waals surface area contributed by atoms with Crippen LogP contribution in [0.1, 0.15) is 0 Å². The van der Waals surface area contributed by atoms with E-state index in [1.54, 1.807) is 19.6 Å². The summed E-state index contributed by atoms with van der Waals surface area (Å²) in [6.45, 7) is 0. The van der Waals surface area contributed by atoms with Gasteiger partial charge in [0.2, 0.25) is 0 Å². The van der Waals surface area contributed by atoms with Crippen molar-refractivity contribution in [3.63, 3.8) is 0 Å². The van der Waals surface area contributed by atoms with Crippen LogP contribution in [0.2, 0.25) is 0 Å². The van der Waals surface area contributed by atoms with Crippen LogP contribution in [0.3, 0.4) is 0 Å². The van der Waals surface area contributed by atoms with Crippen molar-refractivity contribution in [2.75, 3.05) is 19.6 Å². The van der Waals surface area contributed by atoms with Gasteiger partial charge in [-0.25, -0.2) is 35.1 Å². The molecule has 100 heavy (non-hydrogen) atoms. The number of anilines is 12. The molecule has 0 radical (unpaired) electrons. The molecule has 0 saturated heterocycles. The fraction of sp³-hybridized carbons (Fsp3) is 0. The maximum Gasteiger partial charge on any atom is 0.128 e. The standard InChI is InChI=1S/C88H54F8N4/c89-59-41-60(90)46-67(45-59)97(79-33-17-13-29-71(79)55-21-5-1-6-22-55)83-53-84(98(68-47-61(91)42-62(92)48-68)80-34-18-14-30-72(80)56-23-7-2-8-24-56)76-39-40-78-86(100(70-51-65(95)44-66(96)52-70)82-36-20-16-32-74(82)58-27-11-4-12-28-58)54-85(77-38-37-75(83)87(76)88(77)78)99(69-49-63(93)43-64(94)50-69)81-35-19-15-31-73(81)57-25-9-3-10-26-57/h1-54H. The Kier molecular flexibility index (Phi) is 16.1. The van der Waals surface area contributed by atoms with E-state index in [9.17, 15) is 0 Å². The lowest BCUT2D eigenvalue weighted by Crippen LogP contribution is -2.17. The van der Waals surface area contributed by atoms with E-state index < -0.39 is 46.5 Å². The third kappa shape index (κ3) is 11.5. The van der Waals surface area contributed by atoms with Crippen molar-refractivity contribution in [1.29, 1.82) is 0 Å². The molecule has 0 spiro atoms. The van der Waals surface area contributed by atoms with Crippen molar-refractivity contribution >= 4 is 101 Å². The summed E-state index contributed by atoms with van der Waals surface area (Å²) in [5.74, 6) is -7.06. The van der Waals surface area contributed by atoms with Gasteiger partial charge >= 0.3 is 0 Å². The molecule has 0 fully saturated rings. The van der Waals surface area contributed by atoms with Gasteiger partial charge in [0.05, 0.1) is 68.2 Å². The van der Waals surface area contributed by atoms with Gasteiger partial charge in [-0.05, 0) is 107 Å². The van der Waals surface area contributed by atoms with Gasteiger partial charge in [0, 0.05) is 78.8 Å². The Balaban J connectivity index is 1.15. The minimum absolute atomic E-state index is 0.0601. The van der Waals surface area contributed by atoms with Gasteiger partial charge in [-0.1, -0.05) is 218 Å². The first-order chi connectivity index (χ1) is 48.9. The molecule has 16 rings (SSSR count). The molecule has 0 unspecified atom stereocenters. The monoisotopic (exact) mass is 1320 g/mol. The summed E-state index contributed by atoms with van der Waals surface area (Å²) in [6, 6.07) is 92.3. The largest absolute Gasteiger partial charge is 0.309 e. The zero-order valence-electron chi connectivity index (χ0n) is 53.0. The van der Waals surface area contributed by atoms with Crippen molar-refractivity contribution in [2.45, 2.75) is 0 Å². The second-order valence-electron chi connectivity index (χ2n) is 24.3. The molecule has 0 aliphatic heterocycles. The number of rotatable bonds is 16. The molecule has 0 N–H and O–H groups in total. The summed E-state index contributed by atoms with van der Waals surface area (Å²) in [6.07, 6.45) is 0. The van der Waals surface area contributed by atoms with E-state index in [2.05, 4.69) is 0 Å². The summed E-state index contributed by atoms with van der Waals surface area (Å²) >= 11 is 0. The number of para-hydroxylation sites is 4. The van der Waals surface area contributed by atoms with Crippen LogP contribution in [0.15, 0.2) is 328 Å². The molecule has 0 aliphatic carbocycles. The fourth-order valence-electron chi connectivity index (χ4n) is 14.1. The van der Waals surface area contributed by atoms with E-state index in [1.165, 1.54) is 48.5 Å². The SMILES string of the molecule is Fc1cc(F)cc(N(c2ccccc2-c2ccccc2)c2cc(N(c3cc(F)cc(F)c3)c3ccccc3-c3ccccc3)c3ccc4c(N(c5cc(F)cc(F)c5)c5ccccc5-c5ccccc5)cc(N(c5cc(F)cc(F)c5)c5ccccc5-c5ccccc5)c5ccc2c3c54)c1. The van der Waals surface area contributed by atoms with E-state index in [0.29, 0.717) is 100 Å². The van der Waals surface area contributed by atoms with Crippen LogP contribution in [0.4, 0.5) is 103 Å². The molecule has 16 aromatic rings. The normalized spacial score (nSPS) is 11.4. The first kappa shape index (κ1) is 62.0. The average Bonchev–Trinajstić information content (AvgIpc) is 0.698. The minimum atomic E-state index is -0.882. The van der Waals surface area contributed by atoms with Gasteiger partial charge in [0.25, 0.3) is 0 Å². The molecule has 12 heteroatoms. The first-order valence-corrected chi connectivity index (χ1v) is 32.3. The molecule has 0 saturated carbocycles. The van der Waals surface area contributed by atoms with Crippen LogP contribution < -0.4 is 19.6 Å². The Morgan fingerprint density at radius 3 is 0.540 bits per heavy atom. The van der Waals surface area contributed by atoms with Gasteiger partial charge in [0.1, 0.15) is 46.5 Å². The van der Waals surface area contributed by atoms with Crippen LogP contribution >= 0.6 is 0 Å². The van der Waals surface area contributed by atoms with Crippen molar-refractivity contribution < 1.29 is 35.1 Å². The maximum absolute atomic E-state index is 16.5. The van der Waals surface area contributed by atoms with E-state index in [1.807, 2.05) is 255 Å². The topological polar surface area (TPSA) is 13.0 Å². The van der Waals surface area contributed by atoms with E-state index in [4.69, 9.17) is 0 Å². The van der Waals surface area contributed by atoms with Gasteiger partial charge in [-0.15, -0.1) is 0 Å². The summed E-state index contributed by atoms with van der Waals surface area (Å²) in [7, 11) is 0. The summed E-state index contributed by atoms with van der Waals surface area (Å²) < 4.78 is 132. The number of hydrogen-bond acceptors (Lipinski definition) is 4. The highest BCUT2D eigenvalue weighted by atomic mass is 19.2. The minimum Gasteiger partial charge on any atom is -0.309 e. The lowest BCUT2D eigenvalue weighted by atomic mass is 9.88. The number of nitrogens with zero attached hydrogens (tertiary/aromatic N) is 4. The second-order valence-corrected chi connectivity index (χ2v) is 24.3. The van der Waals surface area contributed by atoms with Crippen molar-refractivity contribution in [1.82, 2.24) is 0 Å². The van der Waals surface area contributed by atoms with Crippen LogP contribution in [0.5, 0.6) is 0 Å². The van der Waals surface area contributed by atoms with Crippen LogP contribution in [-0.4, -0.2) is 0 Å². The summed E-state index contributed by atoms with van der Waals surface area (Å²) in [5, 5.41) is 2.88. The Morgan fingerprint density at radius 1 is 0.160 bits per heavy atom. The average molecular weight is 1320 g/mol. The zero-order valence-corrected chi connectivity index (χ0v) is 53.0. The molecule has 0 amide bonds. The number of hydrogen-bond donors (Lipinski definition) is 0.